The summed E-state index contributed by atoms with van der Waals surface area (Å²) in [6.07, 6.45) is -4.36. The Morgan fingerprint density at radius 2 is 2.03 bits per heavy atom. The number of aromatic amines is 1. The predicted molar refractivity (Wildman–Crippen MR) is 102 cm³/mol. The Balaban J connectivity index is 1.47. The van der Waals surface area contributed by atoms with Crippen molar-refractivity contribution < 1.29 is 26.7 Å². The molecule has 1 unspecified atom stereocenters. The second kappa shape index (κ2) is 8.45. The Labute approximate surface area is 178 Å². The molecule has 1 aromatic carbocycles. The van der Waals surface area contributed by atoms with Crippen LogP contribution in [0.4, 0.5) is 22.0 Å². The van der Waals surface area contributed by atoms with Crippen LogP contribution in [0.2, 0.25) is 0 Å². The normalized spacial score (nSPS) is 15.2. The summed E-state index contributed by atoms with van der Waals surface area (Å²) < 4.78 is 67.6. The Hall–Kier alpha value is -3.09. The lowest BCUT2D eigenvalue weighted by Gasteiger charge is -2.29. The molecule has 1 aliphatic heterocycles. The topological polar surface area (TPSA) is 91.7 Å². The number of aromatic nitrogens is 5. The molecule has 0 saturated heterocycles. The summed E-state index contributed by atoms with van der Waals surface area (Å²) in [7, 11) is 0. The SMILES string of the molecule is CCNC(CC(=O)N1CCn2c(nnc2C(F)(F)F)C1)Cc1[nH]nc2cc(F)cc(F)c12. The number of H-pyrrole nitrogens is 1. The largest absolute Gasteiger partial charge is 0.451 e. The Bertz CT molecular complexity index is 1140. The number of benzene rings is 1. The van der Waals surface area contributed by atoms with E-state index in [9.17, 15) is 26.7 Å². The monoisotopic (exact) mass is 457 g/mol. The summed E-state index contributed by atoms with van der Waals surface area (Å²) in [5.41, 5.74) is 0.569. The third-order valence-electron chi connectivity index (χ3n) is 5.37. The number of hydrogen-bond acceptors (Lipinski definition) is 5. The number of nitrogens with one attached hydrogen (secondary N) is 2. The van der Waals surface area contributed by atoms with Crippen molar-refractivity contribution in [1.29, 1.82) is 0 Å². The highest BCUT2D eigenvalue weighted by atomic mass is 19.4. The van der Waals surface area contributed by atoms with Crippen molar-refractivity contribution in [1.82, 2.24) is 35.2 Å². The van der Waals surface area contributed by atoms with Gasteiger partial charge >= 0.3 is 6.18 Å². The molecule has 0 spiro atoms. The molecule has 1 aliphatic rings. The first-order chi connectivity index (χ1) is 15.2. The summed E-state index contributed by atoms with van der Waals surface area (Å²) in [5.74, 6) is -2.77. The molecule has 2 N–H and O–H groups in total. The van der Waals surface area contributed by atoms with E-state index in [-0.39, 0.29) is 55.1 Å². The standard InChI is InChI=1S/C19H20F5N7O/c1-2-25-11(7-14-17-12(21)5-10(20)6-13(17)26-27-14)8-16(32)30-3-4-31-15(9-30)28-29-18(31)19(22,23)24/h5-6,11,25H,2-4,7-9H2,1H3,(H,26,27). The van der Waals surface area contributed by atoms with Crippen LogP contribution in [0.5, 0.6) is 0 Å². The smallest absolute Gasteiger partial charge is 0.333 e. The highest BCUT2D eigenvalue weighted by Crippen LogP contribution is 2.29. The lowest BCUT2D eigenvalue weighted by atomic mass is 10.0. The molecule has 1 atom stereocenters. The molecule has 0 saturated carbocycles. The molecule has 2 aromatic heterocycles. The van der Waals surface area contributed by atoms with E-state index in [1.54, 1.807) is 0 Å². The van der Waals surface area contributed by atoms with Gasteiger partial charge in [-0.25, -0.2) is 8.78 Å². The molecule has 0 aliphatic carbocycles. The number of nitrogens with zero attached hydrogens (tertiary/aromatic N) is 5. The van der Waals surface area contributed by atoms with Crippen LogP contribution in [-0.4, -0.2) is 54.9 Å². The number of rotatable bonds is 6. The quantitative estimate of drug-likeness (QED) is 0.555. The molecule has 32 heavy (non-hydrogen) atoms. The van der Waals surface area contributed by atoms with Crippen molar-refractivity contribution >= 4 is 16.8 Å². The van der Waals surface area contributed by atoms with Gasteiger partial charge in [0.2, 0.25) is 11.7 Å². The number of hydrogen-bond donors (Lipinski definition) is 2. The lowest BCUT2D eigenvalue weighted by Crippen LogP contribution is -2.43. The Morgan fingerprint density at radius 1 is 1.25 bits per heavy atom. The zero-order valence-corrected chi connectivity index (χ0v) is 17.0. The van der Waals surface area contributed by atoms with E-state index in [2.05, 4.69) is 25.7 Å². The van der Waals surface area contributed by atoms with Gasteiger partial charge in [0.15, 0.2) is 5.82 Å². The minimum Gasteiger partial charge on any atom is -0.333 e. The second-order valence-electron chi connectivity index (χ2n) is 7.55. The minimum absolute atomic E-state index is 0.0252. The molecule has 8 nitrogen and oxygen atoms in total. The van der Waals surface area contributed by atoms with E-state index < -0.39 is 29.7 Å². The van der Waals surface area contributed by atoms with Crippen molar-refractivity contribution in [2.45, 2.75) is 45.1 Å². The van der Waals surface area contributed by atoms with Crippen molar-refractivity contribution in [2.75, 3.05) is 13.1 Å². The highest BCUT2D eigenvalue weighted by molar-refractivity contribution is 5.82. The van der Waals surface area contributed by atoms with E-state index in [1.165, 1.54) is 4.90 Å². The van der Waals surface area contributed by atoms with Gasteiger partial charge < -0.3 is 14.8 Å². The number of fused-ring (bicyclic) bond motifs is 2. The fraction of sp³-hybridized carbons (Fsp3) is 0.474. The number of alkyl halides is 3. The highest BCUT2D eigenvalue weighted by Gasteiger charge is 2.40. The third-order valence-corrected chi connectivity index (χ3v) is 5.37. The van der Waals surface area contributed by atoms with E-state index in [1.807, 2.05) is 6.92 Å². The van der Waals surface area contributed by atoms with Crippen LogP contribution >= 0.6 is 0 Å². The molecule has 0 radical (unpaired) electrons. The Morgan fingerprint density at radius 3 is 2.75 bits per heavy atom. The zero-order valence-electron chi connectivity index (χ0n) is 17.0. The second-order valence-corrected chi connectivity index (χ2v) is 7.55. The molecule has 3 aromatic rings. The van der Waals surface area contributed by atoms with E-state index in [0.29, 0.717) is 12.2 Å². The zero-order chi connectivity index (χ0) is 23.0. The Kier molecular flexibility index (Phi) is 5.84. The average Bonchev–Trinajstić information content (AvgIpc) is 3.31. The van der Waals surface area contributed by atoms with Crippen LogP contribution in [0.15, 0.2) is 12.1 Å². The van der Waals surface area contributed by atoms with Crippen LogP contribution in [-0.2, 0) is 30.5 Å². The van der Waals surface area contributed by atoms with Crippen molar-refractivity contribution in [3.63, 3.8) is 0 Å². The lowest BCUT2D eigenvalue weighted by molar-refractivity contribution is -0.148. The van der Waals surface area contributed by atoms with Gasteiger partial charge in [-0.05, 0) is 6.54 Å². The summed E-state index contributed by atoms with van der Waals surface area (Å²) >= 11 is 0. The molecule has 0 bridgehead atoms. The van der Waals surface area contributed by atoms with E-state index >= 15 is 0 Å². The number of carbonyl (C=O) groups excluding carboxylic acids is 1. The summed E-state index contributed by atoms with van der Waals surface area (Å²) in [4.78, 5) is 14.3. The molecule has 0 fully saturated rings. The predicted octanol–water partition coefficient (Wildman–Crippen LogP) is 2.40. The fourth-order valence-corrected chi connectivity index (χ4v) is 3.95. The van der Waals surface area contributed by atoms with Crippen molar-refractivity contribution in [3.8, 4) is 0 Å². The minimum atomic E-state index is -4.61. The molecule has 3 heterocycles. The number of carbonyl (C=O) groups is 1. The first-order valence-corrected chi connectivity index (χ1v) is 9.99. The van der Waals surface area contributed by atoms with Gasteiger partial charge in [-0.3, -0.25) is 9.89 Å². The van der Waals surface area contributed by atoms with Crippen molar-refractivity contribution in [2.24, 2.45) is 0 Å². The first-order valence-electron chi connectivity index (χ1n) is 9.99. The van der Waals surface area contributed by atoms with E-state index in [4.69, 9.17) is 0 Å². The molecule has 1 amide bonds. The maximum atomic E-state index is 14.3. The van der Waals surface area contributed by atoms with Crippen LogP contribution in [0.25, 0.3) is 10.9 Å². The summed E-state index contributed by atoms with van der Waals surface area (Å²) in [5, 5.41) is 16.7. The van der Waals surface area contributed by atoms with Gasteiger partial charge in [-0.15, -0.1) is 10.2 Å². The van der Waals surface area contributed by atoms with Gasteiger partial charge in [0.25, 0.3) is 0 Å². The number of likely N-dealkylation sites (N-methyl/N-ethyl adjacent to an activating group) is 1. The fourth-order valence-electron chi connectivity index (χ4n) is 3.95. The third kappa shape index (κ3) is 4.29. The van der Waals surface area contributed by atoms with Gasteiger partial charge in [0.05, 0.1) is 17.4 Å². The summed E-state index contributed by atoms with van der Waals surface area (Å²) in [6, 6.07) is 1.49. The van der Waals surface area contributed by atoms with Gasteiger partial charge in [0.1, 0.15) is 11.6 Å². The van der Waals surface area contributed by atoms with Gasteiger partial charge in [-0.2, -0.15) is 18.3 Å². The molecule has 13 heteroatoms. The van der Waals surface area contributed by atoms with Crippen LogP contribution in [0, 0.1) is 11.6 Å². The maximum absolute atomic E-state index is 14.3. The number of amides is 1. The van der Waals surface area contributed by atoms with Crippen molar-refractivity contribution in [3.05, 3.63) is 41.1 Å². The van der Waals surface area contributed by atoms with Crippen LogP contribution in [0.1, 0.15) is 30.7 Å². The molecular weight excluding hydrogens is 437 g/mol. The van der Waals surface area contributed by atoms with Gasteiger partial charge in [-0.1, -0.05) is 6.92 Å². The number of halogens is 5. The van der Waals surface area contributed by atoms with Gasteiger partial charge in [0, 0.05) is 49.8 Å². The molecular formula is C19H20F5N7O. The van der Waals surface area contributed by atoms with Crippen LogP contribution < -0.4 is 5.32 Å². The maximum Gasteiger partial charge on any atom is 0.451 e. The van der Waals surface area contributed by atoms with E-state index in [0.717, 1.165) is 16.7 Å². The first kappa shape index (κ1) is 22.1. The summed E-state index contributed by atoms with van der Waals surface area (Å²) in [6.45, 7) is 2.33. The molecule has 4 rings (SSSR count). The molecule has 172 valence electrons. The average molecular weight is 457 g/mol. The van der Waals surface area contributed by atoms with Crippen LogP contribution in [0.3, 0.4) is 0 Å².